The minimum absolute atomic E-state index is 0.182. The van der Waals surface area contributed by atoms with E-state index in [1.54, 1.807) is 4.90 Å². The van der Waals surface area contributed by atoms with E-state index in [-0.39, 0.29) is 5.91 Å². The highest BCUT2D eigenvalue weighted by atomic mass is 32.1. The molecule has 1 rings (SSSR count). The third kappa shape index (κ3) is 5.45. The molecule has 0 aromatic carbocycles. The average Bonchev–Trinajstić information content (AvgIpc) is 2.35. The lowest BCUT2D eigenvalue weighted by Gasteiger charge is -2.39. The fourth-order valence-electron chi connectivity index (χ4n) is 2.73. The lowest BCUT2D eigenvalue weighted by Crippen LogP contribution is -2.45. The fraction of sp³-hybridized carbons (Fsp3) is 0.857. The molecule has 0 radical (unpaired) electrons. The van der Waals surface area contributed by atoms with Crippen LogP contribution >= 0.6 is 12.2 Å². The highest BCUT2D eigenvalue weighted by Gasteiger charge is 2.25. The molecule has 110 valence electrons. The van der Waals surface area contributed by atoms with E-state index in [0.717, 1.165) is 6.54 Å². The summed E-state index contributed by atoms with van der Waals surface area (Å²) in [5.74, 6) is 0.182. The average molecular weight is 285 g/mol. The standard InChI is InChI=1S/C14H27N3OS/c1-11-5-4-6-12(2)17(11)10-8-14(18)16(3)9-7-13(15)19/h11-12H,4-10H2,1-3H3,(H2,15,19)/t11-,12+. The van der Waals surface area contributed by atoms with Gasteiger partial charge in [0.2, 0.25) is 5.91 Å². The van der Waals surface area contributed by atoms with Crippen molar-refractivity contribution in [3.05, 3.63) is 0 Å². The van der Waals surface area contributed by atoms with Gasteiger partial charge in [-0.15, -0.1) is 0 Å². The van der Waals surface area contributed by atoms with E-state index in [0.29, 0.717) is 36.5 Å². The van der Waals surface area contributed by atoms with Gasteiger partial charge in [-0.2, -0.15) is 0 Å². The van der Waals surface area contributed by atoms with Crippen LogP contribution in [0.2, 0.25) is 0 Å². The van der Waals surface area contributed by atoms with E-state index < -0.39 is 0 Å². The first-order valence-electron chi connectivity index (χ1n) is 7.19. The third-order valence-corrected chi connectivity index (χ3v) is 4.28. The first kappa shape index (κ1) is 16.4. The summed E-state index contributed by atoms with van der Waals surface area (Å²) in [4.78, 5) is 16.7. The van der Waals surface area contributed by atoms with Gasteiger partial charge in [0.15, 0.2) is 0 Å². The van der Waals surface area contributed by atoms with Crippen LogP contribution in [0.15, 0.2) is 0 Å². The van der Waals surface area contributed by atoms with Crippen LogP contribution < -0.4 is 5.73 Å². The summed E-state index contributed by atoms with van der Waals surface area (Å²) in [6.07, 6.45) is 4.99. The van der Waals surface area contributed by atoms with Gasteiger partial charge in [0.25, 0.3) is 0 Å². The molecule has 1 saturated heterocycles. The van der Waals surface area contributed by atoms with Gasteiger partial charge >= 0.3 is 0 Å². The molecule has 0 spiro atoms. The quantitative estimate of drug-likeness (QED) is 0.756. The van der Waals surface area contributed by atoms with Crippen LogP contribution in [0.5, 0.6) is 0 Å². The first-order valence-corrected chi connectivity index (χ1v) is 7.60. The monoisotopic (exact) mass is 285 g/mol. The number of carbonyl (C=O) groups is 1. The number of nitrogens with two attached hydrogens (primary N) is 1. The maximum absolute atomic E-state index is 12.0. The predicted octanol–water partition coefficient (Wildman–Crippen LogP) is 1.77. The molecule has 0 saturated carbocycles. The molecule has 1 fully saturated rings. The summed E-state index contributed by atoms with van der Waals surface area (Å²) in [6, 6.07) is 1.19. The SMILES string of the molecule is C[C@@H]1CCC[C@H](C)N1CCC(=O)N(C)CCC(N)=S. The number of nitrogens with zero attached hydrogens (tertiary/aromatic N) is 2. The molecule has 2 atom stereocenters. The molecule has 0 aromatic heterocycles. The predicted molar refractivity (Wildman–Crippen MR) is 83.1 cm³/mol. The minimum Gasteiger partial charge on any atom is -0.393 e. The molecule has 1 aliphatic heterocycles. The molecule has 1 amide bonds. The maximum Gasteiger partial charge on any atom is 0.223 e. The fourth-order valence-corrected chi connectivity index (χ4v) is 2.83. The number of amides is 1. The number of piperidine rings is 1. The van der Waals surface area contributed by atoms with E-state index in [4.69, 9.17) is 18.0 Å². The summed E-state index contributed by atoms with van der Waals surface area (Å²) in [7, 11) is 1.82. The zero-order valence-corrected chi connectivity index (χ0v) is 13.2. The van der Waals surface area contributed by atoms with Crippen molar-refractivity contribution in [1.29, 1.82) is 0 Å². The molecule has 1 aliphatic rings. The molecule has 0 aromatic rings. The van der Waals surface area contributed by atoms with Crippen molar-refractivity contribution < 1.29 is 4.79 Å². The van der Waals surface area contributed by atoms with Gasteiger partial charge in [-0.1, -0.05) is 18.6 Å². The Morgan fingerprint density at radius 3 is 2.42 bits per heavy atom. The Bertz CT molecular complexity index is 312. The Morgan fingerprint density at radius 1 is 1.32 bits per heavy atom. The lowest BCUT2D eigenvalue weighted by atomic mass is 9.97. The number of hydrogen-bond acceptors (Lipinski definition) is 3. The summed E-state index contributed by atoms with van der Waals surface area (Å²) in [5, 5.41) is 0. The Balaban J connectivity index is 2.34. The van der Waals surface area contributed by atoms with Crippen molar-refractivity contribution in [3.8, 4) is 0 Å². The molecule has 2 N–H and O–H groups in total. The molecular formula is C14H27N3OS. The van der Waals surface area contributed by atoms with Crippen LogP contribution in [-0.4, -0.2) is 52.9 Å². The van der Waals surface area contributed by atoms with E-state index in [1.165, 1.54) is 19.3 Å². The van der Waals surface area contributed by atoms with E-state index in [9.17, 15) is 4.79 Å². The van der Waals surface area contributed by atoms with Crippen molar-refractivity contribution in [1.82, 2.24) is 9.80 Å². The van der Waals surface area contributed by atoms with Gasteiger partial charge in [0, 0.05) is 45.1 Å². The Kier molecular flexibility index (Phi) is 6.72. The van der Waals surface area contributed by atoms with Gasteiger partial charge in [-0.25, -0.2) is 0 Å². The van der Waals surface area contributed by atoms with Crippen molar-refractivity contribution in [2.45, 2.75) is 58.0 Å². The molecule has 0 bridgehead atoms. The highest BCUT2D eigenvalue weighted by Crippen LogP contribution is 2.22. The molecule has 1 heterocycles. The molecule has 0 unspecified atom stereocenters. The van der Waals surface area contributed by atoms with Crippen LogP contribution in [0.4, 0.5) is 0 Å². The Labute approximate surface area is 122 Å². The van der Waals surface area contributed by atoms with E-state index in [2.05, 4.69) is 18.7 Å². The Morgan fingerprint density at radius 2 is 1.89 bits per heavy atom. The maximum atomic E-state index is 12.0. The van der Waals surface area contributed by atoms with Gasteiger partial charge in [-0.3, -0.25) is 9.69 Å². The summed E-state index contributed by atoms with van der Waals surface area (Å²) >= 11 is 4.83. The van der Waals surface area contributed by atoms with Crippen LogP contribution in [0.3, 0.4) is 0 Å². The Hall–Kier alpha value is -0.680. The van der Waals surface area contributed by atoms with Crippen LogP contribution in [0, 0.1) is 0 Å². The molecule has 4 nitrogen and oxygen atoms in total. The number of rotatable bonds is 6. The summed E-state index contributed by atoms with van der Waals surface area (Å²) in [5.41, 5.74) is 5.45. The van der Waals surface area contributed by atoms with Crippen molar-refractivity contribution in [3.63, 3.8) is 0 Å². The van der Waals surface area contributed by atoms with Crippen molar-refractivity contribution in [2.75, 3.05) is 20.1 Å². The molecule has 5 heteroatoms. The first-order chi connectivity index (χ1) is 8.91. The molecule has 19 heavy (non-hydrogen) atoms. The summed E-state index contributed by atoms with van der Waals surface area (Å²) < 4.78 is 0. The number of likely N-dealkylation sites (tertiary alicyclic amines) is 1. The van der Waals surface area contributed by atoms with Crippen LogP contribution in [0.1, 0.15) is 46.0 Å². The van der Waals surface area contributed by atoms with Crippen LogP contribution in [0.25, 0.3) is 0 Å². The smallest absolute Gasteiger partial charge is 0.223 e. The number of carbonyl (C=O) groups excluding carboxylic acids is 1. The van der Waals surface area contributed by atoms with Gasteiger partial charge < -0.3 is 10.6 Å². The molecular weight excluding hydrogens is 258 g/mol. The van der Waals surface area contributed by atoms with Gasteiger partial charge in [0.05, 0.1) is 4.99 Å². The van der Waals surface area contributed by atoms with Crippen LogP contribution in [-0.2, 0) is 4.79 Å². The zero-order chi connectivity index (χ0) is 14.4. The molecule has 0 aliphatic carbocycles. The van der Waals surface area contributed by atoms with Crippen molar-refractivity contribution >= 4 is 23.1 Å². The second kappa shape index (κ2) is 7.80. The second-order valence-corrected chi connectivity index (χ2v) is 6.17. The number of thiocarbonyl (C=S) groups is 1. The number of hydrogen-bond donors (Lipinski definition) is 1. The third-order valence-electron chi connectivity index (χ3n) is 4.08. The summed E-state index contributed by atoms with van der Waals surface area (Å²) in [6.45, 7) is 6.01. The van der Waals surface area contributed by atoms with Crippen molar-refractivity contribution in [2.24, 2.45) is 5.73 Å². The minimum atomic E-state index is 0.182. The highest BCUT2D eigenvalue weighted by molar-refractivity contribution is 7.80. The normalized spacial score (nSPS) is 24.2. The second-order valence-electron chi connectivity index (χ2n) is 5.65. The van der Waals surface area contributed by atoms with E-state index in [1.807, 2.05) is 7.05 Å². The van der Waals surface area contributed by atoms with Gasteiger partial charge in [0.1, 0.15) is 0 Å². The largest absolute Gasteiger partial charge is 0.393 e. The zero-order valence-electron chi connectivity index (χ0n) is 12.4. The topological polar surface area (TPSA) is 49.6 Å². The lowest BCUT2D eigenvalue weighted by molar-refractivity contribution is -0.130. The van der Waals surface area contributed by atoms with Gasteiger partial charge in [-0.05, 0) is 26.7 Å². The van der Waals surface area contributed by atoms with E-state index >= 15 is 0 Å².